The summed E-state index contributed by atoms with van der Waals surface area (Å²) in [5, 5.41) is 10.9. The van der Waals surface area contributed by atoms with Gasteiger partial charge < -0.3 is 9.47 Å². The lowest BCUT2D eigenvalue weighted by molar-refractivity contribution is -0.384. The fourth-order valence-electron chi connectivity index (χ4n) is 4.47. The Kier molecular flexibility index (Phi) is 7.70. The van der Waals surface area contributed by atoms with Crippen LogP contribution >= 0.6 is 11.3 Å². The first-order chi connectivity index (χ1) is 19.4. The topological polar surface area (TPSA) is 113 Å². The molecule has 1 aliphatic heterocycles. The van der Waals surface area contributed by atoms with Crippen molar-refractivity contribution in [3.63, 3.8) is 0 Å². The molecule has 9 nitrogen and oxygen atoms in total. The van der Waals surface area contributed by atoms with Gasteiger partial charge in [-0.15, -0.1) is 0 Å². The van der Waals surface area contributed by atoms with E-state index in [-0.39, 0.29) is 24.5 Å². The maximum Gasteiger partial charge on any atom is 0.338 e. The number of rotatable bonds is 8. The highest BCUT2D eigenvalue weighted by molar-refractivity contribution is 7.07. The summed E-state index contributed by atoms with van der Waals surface area (Å²) < 4.78 is 13.2. The number of hydrogen-bond donors (Lipinski definition) is 0. The van der Waals surface area contributed by atoms with Gasteiger partial charge in [0.2, 0.25) is 0 Å². The van der Waals surface area contributed by atoms with Crippen LogP contribution in [0.4, 0.5) is 5.69 Å². The molecule has 0 spiro atoms. The fourth-order valence-corrected chi connectivity index (χ4v) is 5.51. The third-order valence-corrected chi connectivity index (χ3v) is 7.32. The number of nitro groups is 1. The van der Waals surface area contributed by atoms with Crippen molar-refractivity contribution in [3.8, 4) is 5.75 Å². The van der Waals surface area contributed by atoms with Crippen LogP contribution in [0.2, 0.25) is 0 Å². The average Bonchev–Trinajstić information content (AvgIpc) is 3.26. The lowest BCUT2D eigenvalue weighted by Crippen LogP contribution is -2.39. The predicted molar refractivity (Wildman–Crippen MR) is 151 cm³/mol. The van der Waals surface area contributed by atoms with Crippen LogP contribution in [0.25, 0.3) is 6.08 Å². The SMILES string of the molecule is CCOC(=O)C1=C(C)N=c2sc(=Cc3cccc(OCc4ccc([N+](=O)[O-])cc4)c3)c(=O)n2[C@@H]1c1ccccc1. The van der Waals surface area contributed by atoms with E-state index in [2.05, 4.69) is 4.99 Å². The zero-order chi connectivity index (χ0) is 28.2. The van der Waals surface area contributed by atoms with Crippen LogP contribution < -0.4 is 19.6 Å². The van der Waals surface area contributed by atoms with Gasteiger partial charge in [-0.25, -0.2) is 9.79 Å². The second-order valence-electron chi connectivity index (χ2n) is 9.00. The van der Waals surface area contributed by atoms with Crippen molar-refractivity contribution >= 4 is 29.1 Å². The number of benzene rings is 3. The zero-order valence-electron chi connectivity index (χ0n) is 21.8. The number of hydrogen-bond acceptors (Lipinski definition) is 8. The molecule has 4 aromatic rings. The van der Waals surface area contributed by atoms with E-state index in [1.807, 2.05) is 48.5 Å². The Morgan fingerprint density at radius 3 is 2.55 bits per heavy atom. The second kappa shape index (κ2) is 11.5. The first kappa shape index (κ1) is 26.8. The number of aromatic nitrogens is 1. The highest BCUT2D eigenvalue weighted by atomic mass is 32.1. The van der Waals surface area contributed by atoms with Crippen LogP contribution in [0.15, 0.2) is 99.9 Å². The van der Waals surface area contributed by atoms with Crippen molar-refractivity contribution in [2.75, 3.05) is 6.61 Å². The van der Waals surface area contributed by atoms with Crippen molar-refractivity contribution in [2.45, 2.75) is 26.5 Å². The smallest absolute Gasteiger partial charge is 0.338 e. The lowest BCUT2D eigenvalue weighted by atomic mass is 9.96. The number of nitrogens with zero attached hydrogens (tertiary/aromatic N) is 3. The molecule has 0 bridgehead atoms. The number of carbonyl (C=O) groups excluding carboxylic acids is 1. The largest absolute Gasteiger partial charge is 0.489 e. The molecule has 1 atom stereocenters. The molecule has 5 rings (SSSR count). The Hall–Kier alpha value is -4.83. The number of esters is 1. The Bertz CT molecular complexity index is 1790. The van der Waals surface area contributed by atoms with E-state index < -0.39 is 16.9 Å². The number of nitro benzene ring substituents is 1. The van der Waals surface area contributed by atoms with Gasteiger partial charge in [0, 0.05) is 12.1 Å². The molecule has 0 radical (unpaired) electrons. The first-order valence-electron chi connectivity index (χ1n) is 12.6. The minimum atomic E-state index is -0.657. The molecule has 0 fully saturated rings. The van der Waals surface area contributed by atoms with Crippen molar-refractivity contribution in [1.82, 2.24) is 4.57 Å². The van der Waals surface area contributed by atoms with Crippen LogP contribution in [-0.2, 0) is 16.1 Å². The number of carbonyl (C=O) groups is 1. The van der Waals surface area contributed by atoms with Gasteiger partial charge in [0.15, 0.2) is 4.80 Å². The molecule has 1 aromatic heterocycles. The maximum absolute atomic E-state index is 13.7. The van der Waals surface area contributed by atoms with Gasteiger partial charge in [0.05, 0.1) is 33.4 Å². The van der Waals surface area contributed by atoms with Crippen LogP contribution in [0.3, 0.4) is 0 Å². The molecule has 0 N–H and O–H groups in total. The van der Waals surface area contributed by atoms with Crippen molar-refractivity contribution in [1.29, 1.82) is 0 Å². The summed E-state index contributed by atoms with van der Waals surface area (Å²) in [7, 11) is 0. The van der Waals surface area contributed by atoms with E-state index in [1.165, 1.54) is 23.5 Å². The summed E-state index contributed by atoms with van der Waals surface area (Å²) >= 11 is 1.25. The standard InChI is InChI=1S/C30H25N3O6S/c1-3-38-29(35)26-19(2)31-30-32(27(26)22-9-5-4-6-10-22)28(34)25(40-30)17-21-8-7-11-24(16-21)39-18-20-12-14-23(15-13-20)33(36)37/h4-17,27H,3,18H2,1-2H3/t27-/m1/s1. The molecule has 0 saturated heterocycles. The Morgan fingerprint density at radius 1 is 1.10 bits per heavy atom. The van der Waals surface area contributed by atoms with Gasteiger partial charge in [-0.2, -0.15) is 0 Å². The molecule has 0 unspecified atom stereocenters. The van der Waals surface area contributed by atoms with E-state index >= 15 is 0 Å². The van der Waals surface area contributed by atoms with E-state index in [0.29, 0.717) is 26.4 Å². The summed E-state index contributed by atoms with van der Waals surface area (Å²) in [4.78, 5) is 42.2. The second-order valence-corrected chi connectivity index (χ2v) is 10.0. The van der Waals surface area contributed by atoms with Crippen molar-refractivity contribution in [3.05, 3.63) is 137 Å². The predicted octanol–water partition coefficient (Wildman–Crippen LogP) is 4.29. The lowest BCUT2D eigenvalue weighted by Gasteiger charge is -2.24. The fraction of sp³-hybridized carbons (Fsp3) is 0.167. The number of allylic oxidation sites excluding steroid dienone is 1. The molecule has 0 amide bonds. The molecule has 10 heteroatoms. The van der Waals surface area contributed by atoms with E-state index in [4.69, 9.17) is 9.47 Å². The van der Waals surface area contributed by atoms with Gasteiger partial charge in [-0.05, 0) is 60.9 Å². The summed E-state index contributed by atoms with van der Waals surface area (Å²) in [5.74, 6) is 0.0900. The molecule has 0 saturated carbocycles. The summed E-state index contributed by atoms with van der Waals surface area (Å²) in [5.41, 5.74) is 2.95. The van der Waals surface area contributed by atoms with Crippen molar-refractivity contribution in [2.24, 2.45) is 4.99 Å². The van der Waals surface area contributed by atoms with Gasteiger partial charge in [-0.3, -0.25) is 19.5 Å². The molecular formula is C30H25N3O6S. The maximum atomic E-state index is 13.7. The van der Waals surface area contributed by atoms with Gasteiger partial charge in [-0.1, -0.05) is 53.8 Å². The third-order valence-electron chi connectivity index (χ3n) is 6.34. The van der Waals surface area contributed by atoms with E-state index in [1.54, 1.807) is 42.7 Å². The van der Waals surface area contributed by atoms with Gasteiger partial charge >= 0.3 is 5.97 Å². The molecule has 202 valence electrons. The highest BCUT2D eigenvalue weighted by Gasteiger charge is 2.33. The third kappa shape index (κ3) is 5.48. The Balaban J connectivity index is 1.48. The molecule has 1 aliphatic rings. The van der Waals surface area contributed by atoms with Gasteiger partial charge in [0.25, 0.3) is 11.2 Å². The Morgan fingerprint density at radius 2 is 1.85 bits per heavy atom. The first-order valence-corrected chi connectivity index (χ1v) is 13.4. The van der Waals surface area contributed by atoms with Crippen LogP contribution in [-0.4, -0.2) is 22.1 Å². The molecule has 40 heavy (non-hydrogen) atoms. The molecule has 3 aromatic carbocycles. The molecular weight excluding hydrogens is 530 g/mol. The Labute approximate surface area is 233 Å². The molecule has 0 aliphatic carbocycles. The normalized spacial score (nSPS) is 14.8. The molecule has 2 heterocycles. The number of ether oxygens (including phenoxy) is 2. The summed E-state index contributed by atoms with van der Waals surface area (Å²) in [6.45, 7) is 3.94. The summed E-state index contributed by atoms with van der Waals surface area (Å²) in [6.07, 6.45) is 1.77. The minimum absolute atomic E-state index is 0.0197. The van der Waals surface area contributed by atoms with Crippen LogP contribution in [0, 0.1) is 10.1 Å². The number of fused-ring (bicyclic) bond motifs is 1. The highest BCUT2D eigenvalue weighted by Crippen LogP contribution is 2.30. The zero-order valence-corrected chi connectivity index (χ0v) is 22.6. The minimum Gasteiger partial charge on any atom is -0.489 e. The average molecular weight is 556 g/mol. The summed E-state index contributed by atoms with van der Waals surface area (Å²) in [6, 6.07) is 22.2. The van der Waals surface area contributed by atoms with Gasteiger partial charge in [0.1, 0.15) is 12.4 Å². The monoisotopic (exact) mass is 555 g/mol. The van der Waals surface area contributed by atoms with Crippen LogP contribution in [0.5, 0.6) is 5.75 Å². The quantitative estimate of drug-likeness (QED) is 0.182. The van der Waals surface area contributed by atoms with Crippen LogP contribution in [0.1, 0.15) is 36.6 Å². The van der Waals surface area contributed by atoms with E-state index in [9.17, 15) is 19.7 Å². The number of thiazole rings is 1. The van der Waals surface area contributed by atoms with Crippen molar-refractivity contribution < 1.29 is 19.2 Å². The number of non-ortho nitro benzene ring substituents is 1. The van der Waals surface area contributed by atoms with E-state index in [0.717, 1.165) is 16.7 Å².